The van der Waals surface area contributed by atoms with Crippen LogP contribution < -0.4 is 5.43 Å². The Hall–Kier alpha value is -2.64. The number of hydrogen-bond acceptors (Lipinski definition) is 3. The van der Waals surface area contributed by atoms with Crippen molar-refractivity contribution in [1.29, 1.82) is 0 Å². The lowest BCUT2D eigenvalue weighted by Gasteiger charge is -2.56. The molecule has 5 atom stereocenters. The number of allylic oxidation sites excluding steroid dienone is 2. The SMILES string of the molecule is CC1=C(C)C2C3CC3CC(C)(C1)[C@]21CC(=O)N(NC(=O)c2ccc(C(F)(F)F)cc2)C1=O. The Morgan fingerprint density at radius 2 is 1.78 bits per heavy atom. The number of hydrazine groups is 1. The lowest BCUT2D eigenvalue weighted by Crippen LogP contribution is -2.58. The quantitative estimate of drug-likeness (QED) is 0.538. The molecule has 2 bridgehead atoms. The van der Waals surface area contributed by atoms with E-state index in [-0.39, 0.29) is 29.2 Å². The molecular weight excluding hydrogens is 421 g/mol. The number of nitrogens with zero attached hydrogens (tertiary/aromatic N) is 1. The van der Waals surface area contributed by atoms with Gasteiger partial charge in [0.2, 0.25) is 5.91 Å². The van der Waals surface area contributed by atoms with E-state index in [1.165, 1.54) is 11.1 Å². The highest BCUT2D eigenvalue weighted by Crippen LogP contribution is 2.74. The summed E-state index contributed by atoms with van der Waals surface area (Å²) in [5.74, 6) is -0.663. The zero-order valence-corrected chi connectivity index (χ0v) is 18.2. The Kier molecular flexibility index (Phi) is 4.28. The van der Waals surface area contributed by atoms with Crippen molar-refractivity contribution in [2.45, 2.75) is 52.6 Å². The number of nitrogens with one attached hydrogen (secondary N) is 1. The van der Waals surface area contributed by atoms with Gasteiger partial charge in [0.1, 0.15) is 0 Å². The van der Waals surface area contributed by atoms with E-state index in [4.69, 9.17) is 0 Å². The first-order valence-corrected chi connectivity index (χ1v) is 10.9. The number of carbonyl (C=O) groups excluding carboxylic acids is 3. The summed E-state index contributed by atoms with van der Waals surface area (Å²) in [5.41, 5.74) is 2.68. The van der Waals surface area contributed by atoms with E-state index in [0.717, 1.165) is 48.5 Å². The zero-order chi connectivity index (χ0) is 23.2. The van der Waals surface area contributed by atoms with Crippen molar-refractivity contribution in [3.63, 3.8) is 0 Å². The normalized spacial score (nSPS) is 35.9. The van der Waals surface area contributed by atoms with Crippen LogP contribution in [-0.4, -0.2) is 22.7 Å². The largest absolute Gasteiger partial charge is 0.416 e. The molecule has 1 heterocycles. The van der Waals surface area contributed by atoms with Crippen LogP contribution in [0.4, 0.5) is 13.2 Å². The minimum atomic E-state index is -4.51. The van der Waals surface area contributed by atoms with Crippen LogP contribution in [0.15, 0.2) is 35.4 Å². The predicted octanol–water partition coefficient (Wildman–Crippen LogP) is 4.50. The molecule has 8 heteroatoms. The molecule has 2 saturated carbocycles. The first kappa shape index (κ1) is 21.2. The molecule has 0 aromatic heterocycles. The van der Waals surface area contributed by atoms with E-state index >= 15 is 0 Å². The fourth-order valence-electron chi connectivity index (χ4n) is 6.84. The molecule has 32 heavy (non-hydrogen) atoms. The third-order valence-electron chi connectivity index (χ3n) is 8.47. The molecule has 170 valence electrons. The van der Waals surface area contributed by atoms with Gasteiger partial charge in [-0.2, -0.15) is 18.2 Å². The number of rotatable bonds is 2. The Morgan fingerprint density at radius 1 is 1.12 bits per heavy atom. The van der Waals surface area contributed by atoms with Gasteiger partial charge in [-0.25, -0.2) is 0 Å². The van der Waals surface area contributed by atoms with Crippen LogP contribution in [0.3, 0.4) is 0 Å². The van der Waals surface area contributed by atoms with Crippen LogP contribution in [0.25, 0.3) is 0 Å². The second kappa shape index (κ2) is 6.45. The minimum absolute atomic E-state index is 0.00980. The van der Waals surface area contributed by atoms with Crippen LogP contribution in [0.5, 0.6) is 0 Å². The summed E-state index contributed by atoms with van der Waals surface area (Å²) in [7, 11) is 0. The summed E-state index contributed by atoms with van der Waals surface area (Å²) < 4.78 is 38.4. The van der Waals surface area contributed by atoms with E-state index in [2.05, 4.69) is 26.2 Å². The van der Waals surface area contributed by atoms with Crippen LogP contribution >= 0.6 is 0 Å². The van der Waals surface area contributed by atoms with Crippen molar-refractivity contribution >= 4 is 17.7 Å². The smallest absolute Gasteiger partial charge is 0.272 e. The van der Waals surface area contributed by atoms with Gasteiger partial charge in [0.25, 0.3) is 11.8 Å². The van der Waals surface area contributed by atoms with E-state index in [0.29, 0.717) is 11.8 Å². The molecule has 3 aliphatic carbocycles. The molecule has 1 saturated heterocycles. The Balaban J connectivity index is 1.44. The molecule has 3 amide bonds. The Morgan fingerprint density at radius 3 is 2.41 bits per heavy atom. The maximum atomic E-state index is 13.8. The van der Waals surface area contributed by atoms with Gasteiger partial charge < -0.3 is 0 Å². The summed E-state index contributed by atoms with van der Waals surface area (Å²) >= 11 is 0. The minimum Gasteiger partial charge on any atom is -0.272 e. The van der Waals surface area contributed by atoms with E-state index in [1.54, 1.807) is 0 Å². The summed E-state index contributed by atoms with van der Waals surface area (Å²) in [6.45, 7) is 6.25. The van der Waals surface area contributed by atoms with Crippen LogP contribution in [-0.2, 0) is 15.8 Å². The van der Waals surface area contributed by atoms with Crippen LogP contribution in [0, 0.1) is 28.6 Å². The number of hydrogen-bond donors (Lipinski definition) is 1. The van der Waals surface area contributed by atoms with Crippen molar-refractivity contribution < 1.29 is 27.6 Å². The molecule has 5 rings (SSSR count). The molecule has 5 nitrogen and oxygen atoms in total. The van der Waals surface area contributed by atoms with Gasteiger partial charge in [-0.05, 0) is 80.5 Å². The number of halogens is 3. The van der Waals surface area contributed by atoms with Gasteiger partial charge in [0.05, 0.1) is 11.0 Å². The molecule has 1 aromatic rings. The predicted molar refractivity (Wildman–Crippen MR) is 109 cm³/mol. The topological polar surface area (TPSA) is 66.5 Å². The lowest BCUT2D eigenvalue weighted by molar-refractivity contribution is -0.155. The first-order valence-electron chi connectivity index (χ1n) is 10.9. The highest BCUT2D eigenvalue weighted by molar-refractivity contribution is 6.09. The number of alkyl halides is 3. The molecule has 4 aliphatic rings. The highest BCUT2D eigenvalue weighted by atomic mass is 19.4. The van der Waals surface area contributed by atoms with Crippen molar-refractivity contribution in [2.24, 2.45) is 28.6 Å². The van der Waals surface area contributed by atoms with E-state index in [1.807, 2.05) is 0 Å². The molecule has 1 aromatic carbocycles. The lowest BCUT2D eigenvalue weighted by atomic mass is 9.45. The molecule has 1 aliphatic heterocycles. The molecular formula is C24H25F3N2O3. The average molecular weight is 446 g/mol. The maximum Gasteiger partial charge on any atom is 0.416 e. The van der Waals surface area contributed by atoms with E-state index in [9.17, 15) is 27.6 Å². The average Bonchev–Trinajstić information content (AvgIpc) is 3.41. The van der Waals surface area contributed by atoms with Gasteiger partial charge in [-0.15, -0.1) is 0 Å². The number of imide groups is 1. The number of benzene rings is 1. The van der Waals surface area contributed by atoms with Crippen LogP contribution in [0.1, 0.15) is 62.4 Å². The third kappa shape index (κ3) is 2.74. The first-order chi connectivity index (χ1) is 14.9. The maximum absolute atomic E-state index is 13.8. The van der Waals surface area contributed by atoms with Gasteiger partial charge >= 0.3 is 6.18 Å². The van der Waals surface area contributed by atoms with E-state index < -0.39 is 29.0 Å². The molecule has 1 N–H and O–H groups in total. The highest BCUT2D eigenvalue weighted by Gasteiger charge is 2.74. The standard InChI is InChI=1S/C24H25F3N2O3/c1-12-9-22(3)10-15-8-17(15)19(13(12)2)23(22)11-18(30)29(21(23)32)28-20(31)14-4-6-16(7-5-14)24(25,26)27/h4-7,15,17,19H,8-11H2,1-3H3,(H,28,31)/t15?,17?,19?,22?,23-/m1/s1. The summed E-state index contributed by atoms with van der Waals surface area (Å²) in [6, 6.07) is 3.70. The summed E-state index contributed by atoms with van der Waals surface area (Å²) in [4.78, 5) is 39.5. The van der Waals surface area contributed by atoms with Crippen LogP contribution in [0.2, 0.25) is 0 Å². The summed E-state index contributed by atoms with van der Waals surface area (Å²) in [5, 5.41) is 0.821. The zero-order valence-electron chi connectivity index (χ0n) is 18.2. The second-order valence-electron chi connectivity index (χ2n) is 10.2. The Bertz CT molecular complexity index is 1080. The fourth-order valence-corrected chi connectivity index (χ4v) is 6.84. The monoisotopic (exact) mass is 446 g/mol. The van der Waals surface area contributed by atoms with Gasteiger partial charge in [0.15, 0.2) is 0 Å². The third-order valence-corrected chi connectivity index (χ3v) is 8.47. The van der Waals surface area contributed by atoms with Crippen molar-refractivity contribution in [3.05, 3.63) is 46.5 Å². The molecule has 4 unspecified atom stereocenters. The van der Waals surface area contributed by atoms with Crippen molar-refractivity contribution in [2.75, 3.05) is 0 Å². The number of fused-ring (bicyclic) bond motifs is 2. The molecule has 1 spiro atoms. The van der Waals surface area contributed by atoms with Crippen molar-refractivity contribution in [3.8, 4) is 0 Å². The van der Waals surface area contributed by atoms with Gasteiger partial charge in [-0.3, -0.25) is 19.8 Å². The fraction of sp³-hybridized carbons (Fsp3) is 0.542. The number of carbonyl (C=O) groups is 3. The second-order valence-corrected chi connectivity index (χ2v) is 10.2. The molecule has 3 fully saturated rings. The van der Waals surface area contributed by atoms with Crippen molar-refractivity contribution in [1.82, 2.24) is 10.4 Å². The summed E-state index contributed by atoms with van der Waals surface area (Å²) in [6.07, 6.45) is -1.77. The van der Waals surface area contributed by atoms with Gasteiger partial charge in [-0.1, -0.05) is 18.1 Å². The Labute approximate surface area is 184 Å². The molecule has 0 radical (unpaired) electrons. The number of amides is 3. The van der Waals surface area contributed by atoms with Gasteiger partial charge in [0, 0.05) is 12.0 Å².